The van der Waals surface area contributed by atoms with Gasteiger partial charge in [-0.15, -0.1) is 0 Å². The SMILES string of the molecule is CC1=CS(=O)(=O)c2ccc(CN3CCNCC3)cc21. The molecule has 0 saturated carbocycles. The van der Waals surface area contributed by atoms with Crippen LogP contribution in [0.4, 0.5) is 0 Å². The van der Waals surface area contributed by atoms with Crippen LogP contribution in [0.15, 0.2) is 28.5 Å². The van der Waals surface area contributed by atoms with Gasteiger partial charge < -0.3 is 5.32 Å². The van der Waals surface area contributed by atoms with E-state index in [2.05, 4.69) is 10.2 Å². The number of allylic oxidation sites excluding steroid dienone is 1. The van der Waals surface area contributed by atoms with Crippen molar-refractivity contribution in [2.75, 3.05) is 26.2 Å². The summed E-state index contributed by atoms with van der Waals surface area (Å²) in [5.41, 5.74) is 2.90. The predicted octanol–water partition coefficient (Wildman–Crippen LogP) is 1.24. The molecule has 0 radical (unpaired) electrons. The molecule has 0 spiro atoms. The fourth-order valence-electron chi connectivity index (χ4n) is 2.72. The molecule has 1 fully saturated rings. The second kappa shape index (κ2) is 4.74. The van der Waals surface area contributed by atoms with E-state index >= 15 is 0 Å². The number of rotatable bonds is 2. The van der Waals surface area contributed by atoms with Crippen LogP contribution < -0.4 is 5.32 Å². The highest BCUT2D eigenvalue weighted by Crippen LogP contribution is 2.33. The molecule has 0 aliphatic carbocycles. The van der Waals surface area contributed by atoms with Gasteiger partial charge in [0.1, 0.15) is 0 Å². The predicted molar refractivity (Wildman–Crippen MR) is 75.4 cm³/mol. The zero-order valence-electron chi connectivity index (χ0n) is 11.0. The molecule has 19 heavy (non-hydrogen) atoms. The Balaban J connectivity index is 1.86. The Labute approximate surface area is 114 Å². The molecular formula is C14H18N2O2S. The van der Waals surface area contributed by atoms with Crippen LogP contribution >= 0.6 is 0 Å². The van der Waals surface area contributed by atoms with Gasteiger partial charge in [-0.05, 0) is 35.8 Å². The molecule has 102 valence electrons. The first-order valence-corrected chi connectivity index (χ1v) is 8.11. The van der Waals surface area contributed by atoms with Crippen molar-refractivity contribution in [3.05, 3.63) is 34.7 Å². The molecule has 1 N–H and O–H groups in total. The normalized spacial score (nSPS) is 22.1. The van der Waals surface area contributed by atoms with E-state index < -0.39 is 9.84 Å². The Morgan fingerprint density at radius 3 is 2.74 bits per heavy atom. The van der Waals surface area contributed by atoms with Gasteiger partial charge in [0.05, 0.1) is 4.90 Å². The van der Waals surface area contributed by atoms with Crippen LogP contribution in [0, 0.1) is 0 Å². The molecular weight excluding hydrogens is 260 g/mol. The summed E-state index contributed by atoms with van der Waals surface area (Å²) in [6.07, 6.45) is 0. The molecule has 0 unspecified atom stereocenters. The number of hydrogen-bond donors (Lipinski definition) is 1. The number of nitrogens with zero attached hydrogens (tertiary/aromatic N) is 1. The first-order chi connectivity index (χ1) is 9.06. The average Bonchev–Trinajstić information content (AvgIpc) is 2.61. The van der Waals surface area contributed by atoms with E-state index in [-0.39, 0.29) is 0 Å². The Morgan fingerprint density at radius 2 is 2.00 bits per heavy atom. The quantitative estimate of drug-likeness (QED) is 0.884. The highest BCUT2D eigenvalue weighted by atomic mass is 32.2. The van der Waals surface area contributed by atoms with Crippen molar-refractivity contribution in [2.45, 2.75) is 18.4 Å². The van der Waals surface area contributed by atoms with E-state index in [4.69, 9.17) is 0 Å². The van der Waals surface area contributed by atoms with E-state index in [1.807, 2.05) is 19.1 Å². The van der Waals surface area contributed by atoms with Crippen LogP contribution in [-0.4, -0.2) is 39.5 Å². The van der Waals surface area contributed by atoms with Crippen LogP contribution in [0.1, 0.15) is 18.1 Å². The molecule has 0 bridgehead atoms. The summed E-state index contributed by atoms with van der Waals surface area (Å²) in [4.78, 5) is 2.84. The topological polar surface area (TPSA) is 49.4 Å². The number of nitrogens with one attached hydrogen (secondary N) is 1. The lowest BCUT2D eigenvalue weighted by Gasteiger charge is -2.27. The number of piperazine rings is 1. The van der Waals surface area contributed by atoms with E-state index in [1.165, 1.54) is 11.0 Å². The third-order valence-corrected chi connectivity index (χ3v) is 5.36. The van der Waals surface area contributed by atoms with Crippen molar-refractivity contribution in [1.82, 2.24) is 10.2 Å². The second-order valence-electron chi connectivity index (χ2n) is 5.20. The summed E-state index contributed by atoms with van der Waals surface area (Å²) in [5, 5.41) is 4.70. The number of sulfone groups is 1. The minimum atomic E-state index is -3.19. The molecule has 0 amide bonds. The average molecular weight is 278 g/mol. The van der Waals surface area contributed by atoms with Gasteiger partial charge in [-0.3, -0.25) is 4.90 Å². The number of benzene rings is 1. The monoisotopic (exact) mass is 278 g/mol. The lowest BCUT2D eigenvalue weighted by atomic mass is 10.1. The Bertz CT molecular complexity index is 629. The molecule has 0 aromatic heterocycles. The van der Waals surface area contributed by atoms with E-state index in [9.17, 15) is 8.42 Å². The molecule has 3 rings (SSSR count). The molecule has 2 aliphatic rings. The molecule has 2 heterocycles. The standard InChI is InChI=1S/C14H18N2O2S/c1-11-10-19(17,18)14-3-2-12(8-13(11)14)9-16-6-4-15-5-7-16/h2-3,8,10,15H,4-7,9H2,1H3. The van der Waals surface area contributed by atoms with Crippen molar-refractivity contribution in [1.29, 1.82) is 0 Å². The smallest absolute Gasteiger partial charge is 0.200 e. The van der Waals surface area contributed by atoms with Gasteiger partial charge >= 0.3 is 0 Å². The van der Waals surface area contributed by atoms with Crippen LogP contribution in [0.2, 0.25) is 0 Å². The highest BCUT2D eigenvalue weighted by Gasteiger charge is 2.24. The van der Waals surface area contributed by atoms with Gasteiger partial charge in [0, 0.05) is 38.1 Å². The van der Waals surface area contributed by atoms with Gasteiger partial charge in [0.15, 0.2) is 0 Å². The van der Waals surface area contributed by atoms with Crippen molar-refractivity contribution in [3.63, 3.8) is 0 Å². The Morgan fingerprint density at radius 1 is 1.26 bits per heavy atom. The maximum absolute atomic E-state index is 11.9. The molecule has 1 saturated heterocycles. The van der Waals surface area contributed by atoms with Crippen molar-refractivity contribution in [2.24, 2.45) is 0 Å². The largest absolute Gasteiger partial charge is 0.314 e. The second-order valence-corrected chi connectivity index (χ2v) is 6.97. The summed E-state index contributed by atoms with van der Waals surface area (Å²) < 4.78 is 23.7. The van der Waals surface area contributed by atoms with Gasteiger partial charge in [-0.1, -0.05) is 6.07 Å². The first-order valence-electron chi connectivity index (χ1n) is 6.56. The van der Waals surface area contributed by atoms with Gasteiger partial charge in [0.2, 0.25) is 9.84 Å². The maximum atomic E-state index is 11.9. The lowest BCUT2D eigenvalue weighted by molar-refractivity contribution is 0.233. The Kier molecular flexibility index (Phi) is 3.20. The van der Waals surface area contributed by atoms with Crippen LogP contribution in [-0.2, 0) is 16.4 Å². The zero-order valence-corrected chi connectivity index (χ0v) is 11.8. The fraction of sp³-hybridized carbons (Fsp3) is 0.429. The van der Waals surface area contributed by atoms with E-state index in [0.29, 0.717) is 4.90 Å². The molecule has 4 nitrogen and oxygen atoms in total. The molecule has 5 heteroatoms. The summed E-state index contributed by atoms with van der Waals surface area (Å²) in [6.45, 7) is 6.89. The summed E-state index contributed by atoms with van der Waals surface area (Å²) in [5.74, 6) is 0. The molecule has 1 aromatic rings. The van der Waals surface area contributed by atoms with Crippen LogP contribution in [0.5, 0.6) is 0 Å². The van der Waals surface area contributed by atoms with Gasteiger partial charge in [-0.25, -0.2) is 8.42 Å². The maximum Gasteiger partial charge on any atom is 0.200 e. The van der Waals surface area contributed by atoms with E-state index in [1.54, 1.807) is 6.07 Å². The molecule has 0 atom stereocenters. The van der Waals surface area contributed by atoms with Gasteiger partial charge in [0.25, 0.3) is 0 Å². The first kappa shape index (κ1) is 12.8. The van der Waals surface area contributed by atoms with E-state index in [0.717, 1.165) is 43.9 Å². The van der Waals surface area contributed by atoms with Crippen molar-refractivity contribution < 1.29 is 8.42 Å². The van der Waals surface area contributed by atoms with Crippen LogP contribution in [0.25, 0.3) is 5.57 Å². The lowest BCUT2D eigenvalue weighted by Crippen LogP contribution is -2.42. The fourth-order valence-corrected chi connectivity index (χ4v) is 4.22. The number of hydrogen-bond acceptors (Lipinski definition) is 4. The number of fused-ring (bicyclic) bond motifs is 1. The minimum Gasteiger partial charge on any atom is -0.314 e. The molecule has 2 aliphatic heterocycles. The van der Waals surface area contributed by atoms with Crippen LogP contribution in [0.3, 0.4) is 0 Å². The van der Waals surface area contributed by atoms with Crippen molar-refractivity contribution >= 4 is 15.4 Å². The third kappa shape index (κ3) is 2.45. The summed E-state index contributed by atoms with van der Waals surface area (Å²) in [7, 11) is -3.19. The summed E-state index contributed by atoms with van der Waals surface area (Å²) >= 11 is 0. The van der Waals surface area contributed by atoms with Gasteiger partial charge in [-0.2, -0.15) is 0 Å². The zero-order chi connectivity index (χ0) is 13.5. The highest BCUT2D eigenvalue weighted by molar-refractivity contribution is 7.95. The Hall–Kier alpha value is -1.17. The summed E-state index contributed by atoms with van der Waals surface area (Å²) in [6, 6.07) is 5.70. The van der Waals surface area contributed by atoms with Crippen molar-refractivity contribution in [3.8, 4) is 0 Å². The molecule has 1 aromatic carbocycles. The third-order valence-electron chi connectivity index (χ3n) is 3.72. The minimum absolute atomic E-state index is 0.453.